The molecule has 1 atom stereocenters. The third-order valence-corrected chi connectivity index (χ3v) is 4.79. The largest absolute Gasteiger partial charge is 0.480 e. The van der Waals surface area contributed by atoms with Crippen molar-refractivity contribution in [2.75, 3.05) is 6.54 Å². The van der Waals surface area contributed by atoms with Crippen LogP contribution in [0.3, 0.4) is 0 Å². The Labute approximate surface area is 116 Å². The fourth-order valence-corrected chi connectivity index (χ4v) is 3.69. The fraction of sp³-hybridized carbons (Fsp3) is 0.615. The normalized spacial score (nSPS) is 18.4. The SMILES string of the molecule is CC(c1csc(Cl)c1)N(CC(=O)O)C1CCCC1. The van der Waals surface area contributed by atoms with E-state index in [1.165, 1.54) is 24.2 Å². The Kier molecular flexibility index (Phi) is 4.65. The lowest BCUT2D eigenvalue weighted by atomic mass is 10.1. The summed E-state index contributed by atoms with van der Waals surface area (Å²) < 4.78 is 0.763. The summed E-state index contributed by atoms with van der Waals surface area (Å²) in [6.45, 7) is 2.18. The van der Waals surface area contributed by atoms with Gasteiger partial charge in [0.05, 0.1) is 10.9 Å². The molecule has 0 radical (unpaired) electrons. The van der Waals surface area contributed by atoms with Crippen LogP contribution in [0.4, 0.5) is 0 Å². The van der Waals surface area contributed by atoms with Gasteiger partial charge in [0.1, 0.15) is 0 Å². The molecule has 1 aromatic heterocycles. The van der Waals surface area contributed by atoms with Gasteiger partial charge in [0.15, 0.2) is 0 Å². The Balaban J connectivity index is 2.14. The molecule has 1 fully saturated rings. The molecule has 1 N–H and O–H groups in total. The number of aliphatic carboxylic acids is 1. The van der Waals surface area contributed by atoms with Crippen LogP contribution < -0.4 is 0 Å². The average molecular weight is 288 g/mol. The summed E-state index contributed by atoms with van der Waals surface area (Å²) in [6.07, 6.45) is 4.63. The first kappa shape index (κ1) is 13.8. The number of hydrogen-bond donors (Lipinski definition) is 1. The maximum Gasteiger partial charge on any atom is 0.317 e. The van der Waals surface area contributed by atoms with Crippen molar-refractivity contribution in [1.82, 2.24) is 4.90 Å². The molecule has 0 aliphatic heterocycles. The highest BCUT2D eigenvalue weighted by atomic mass is 35.5. The highest BCUT2D eigenvalue weighted by Gasteiger charge is 2.29. The predicted octanol–water partition coefficient (Wildman–Crippen LogP) is 3.79. The van der Waals surface area contributed by atoms with Crippen molar-refractivity contribution >= 4 is 28.9 Å². The Hall–Kier alpha value is -0.580. The van der Waals surface area contributed by atoms with Gasteiger partial charge in [0.25, 0.3) is 0 Å². The average Bonchev–Trinajstić information content (AvgIpc) is 2.95. The van der Waals surface area contributed by atoms with Gasteiger partial charge in [-0.2, -0.15) is 0 Å². The van der Waals surface area contributed by atoms with E-state index in [1.807, 2.05) is 11.4 Å². The molecule has 100 valence electrons. The van der Waals surface area contributed by atoms with E-state index in [1.54, 1.807) is 0 Å². The minimum Gasteiger partial charge on any atom is -0.480 e. The Morgan fingerprint density at radius 1 is 1.61 bits per heavy atom. The molecule has 1 aromatic rings. The van der Waals surface area contributed by atoms with Crippen molar-refractivity contribution in [2.45, 2.75) is 44.7 Å². The van der Waals surface area contributed by atoms with Crippen molar-refractivity contribution in [3.05, 3.63) is 21.3 Å². The van der Waals surface area contributed by atoms with Gasteiger partial charge < -0.3 is 5.11 Å². The van der Waals surface area contributed by atoms with E-state index in [0.29, 0.717) is 6.04 Å². The van der Waals surface area contributed by atoms with E-state index in [4.69, 9.17) is 16.7 Å². The zero-order valence-electron chi connectivity index (χ0n) is 10.4. The Bertz CT molecular complexity index is 415. The fourth-order valence-electron chi connectivity index (χ4n) is 2.71. The van der Waals surface area contributed by atoms with E-state index in [-0.39, 0.29) is 12.6 Å². The van der Waals surface area contributed by atoms with E-state index >= 15 is 0 Å². The molecule has 3 nitrogen and oxygen atoms in total. The number of nitrogens with zero attached hydrogens (tertiary/aromatic N) is 1. The van der Waals surface area contributed by atoms with Crippen LogP contribution in [-0.4, -0.2) is 28.6 Å². The molecule has 2 rings (SSSR count). The molecule has 1 heterocycles. The number of halogens is 1. The number of thiophene rings is 1. The molecule has 0 amide bonds. The van der Waals surface area contributed by atoms with Crippen LogP contribution >= 0.6 is 22.9 Å². The number of hydrogen-bond acceptors (Lipinski definition) is 3. The minimum atomic E-state index is -0.755. The van der Waals surface area contributed by atoms with Gasteiger partial charge in [-0.15, -0.1) is 11.3 Å². The molecule has 0 spiro atoms. The zero-order chi connectivity index (χ0) is 13.1. The van der Waals surface area contributed by atoms with Gasteiger partial charge in [0.2, 0.25) is 0 Å². The van der Waals surface area contributed by atoms with Gasteiger partial charge in [0, 0.05) is 12.1 Å². The highest BCUT2D eigenvalue weighted by Crippen LogP contribution is 2.33. The monoisotopic (exact) mass is 287 g/mol. The third kappa shape index (κ3) is 3.25. The lowest BCUT2D eigenvalue weighted by Crippen LogP contribution is -2.39. The second kappa shape index (κ2) is 6.04. The molecule has 1 unspecified atom stereocenters. The molecule has 0 aromatic carbocycles. The molecule has 0 bridgehead atoms. The lowest BCUT2D eigenvalue weighted by Gasteiger charge is -2.32. The predicted molar refractivity (Wildman–Crippen MR) is 74.3 cm³/mol. The second-order valence-corrected chi connectivity index (χ2v) is 6.41. The van der Waals surface area contributed by atoms with Crippen LogP contribution in [0, 0.1) is 0 Å². The highest BCUT2D eigenvalue weighted by molar-refractivity contribution is 7.14. The van der Waals surface area contributed by atoms with Crippen molar-refractivity contribution in [3.8, 4) is 0 Å². The number of rotatable bonds is 5. The van der Waals surface area contributed by atoms with Crippen molar-refractivity contribution < 1.29 is 9.90 Å². The Morgan fingerprint density at radius 3 is 2.78 bits per heavy atom. The molecule has 1 aliphatic rings. The summed E-state index contributed by atoms with van der Waals surface area (Å²) in [4.78, 5) is 13.1. The smallest absolute Gasteiger partial charge is 0.317 e. The van der Waals surface area contributed by atoms with Crippen LogP contribution in [0.15, 0.2) is 11.4 Å². The summed E-state index contributed by atoms with van der Waals surface area (Å²) in [7, 11) is 0. The van der Waals surface area contributed by atoms with Gasteiger partial charge >= 0.3 is 5.97 Å². The lowest BCUT2D eigenvalue weighted by molar-refractivity contribution is -0.139. The zero-order valence-corrected chi connectivity index (χ0v) is 12.0. The second-order valence-electron chi connectivity index (χ2n) is 4.86. The molecule has 5 heteroatoms. The quantitative estimate of drug-likeness (QED) is 0.896. The first-order valence-corrected chi connectivity index (χ1v) is 7.55. The maximum absolute atomic E-state index is 11.0. The summed E-state index contributed by atoms with van der Waals surface area (Å²) in [5, 5.41) is 11.1. The summed E-state index contributed by atoms with van der Waals surface area (Å²) >= 11 is 7.46. The van der Waals surface area contributed by atoms with Crippen LogP contribution in [0.1, 0.15) is 44.2 Å². The number of carboxylic acids is 1. The summed E-state index contributed by atoms with van der Waals surface area (Å²) in [5.41, 5.74) is 1.12. The molecular formula is C13H18ClNO2S. The minimum absolute atomic E-state index is 0.110. The van der Waals surface area contributed by atoms with Gasteiger partial charge in [-0.05, 0) is 36.8 Å². The molecule has 0 saturated heterocycles. The molecule has 18 heavy (non-hydrogen) atoms. The van der Waals surface area contributed by atoms with E-state index < -0.39 is 5.97 Å². The van der Waals surface area contributed by atoms with Crippen LogP contribution in [0.2, 0.25) is 4.34 Å². The summed E-state index contributed by atoms with van der Waals surface area (Å²) in [6, 6.07) is 2.46. The first-order chi connectivity index (χ1) is 8.58. The molecule has 1 saturated carbocycles. The topological polar surface area (TPSA) is 40.5 Å². The van der Waals surface area contributed by atoms with Gasteiger partial charge in [-0.25, -0.2) is 0 Å². The third-order valence-electron chi connectivity index (χ3n) is 3.68. The van der Waals surface area contributed by atoms with Crippen LogP contribution in [-0.2, 0) is 4.79 Å². The van der Waals surface area contributed by atoms with Crippen molar-refractivity contribution in [1.29, 1.82) is 0 Å². The number of carbonyl (C=O) groups is 1. The van der Waals surface area contributed by atoms with Gasteiger partial charge in [-0.3, -0.25) is 9.69 Å². The Morgan fingerprint density at radius 2 is 2.28 bits per heavy atom. The maximum atomic E-state index is 11.0. The first-order valence-electron chi connectivity index (χ1n) is 6.29. The van der Waals surface area contributed by atoms with Crippen molar-refractivity contribution in [2.24, 2.45) is 0 Å². The summed E-state index contributed by atoms with van der Waals surface area (Å²) in [5.74, 6) is -0.755. The molecule has 1 aliphatic carbocycles. The van der Waals surface area contributed by atoms with Crippen molar-refractivity contribution in [3.63, 3.8) is 0 Å². The standard InChI is InChI=1S/C13H18ClNO2S/c1-9(10-6-12(14)18-8-10)15(7-13(16)17)11-4-2-3-5-11/h6,8-9,11H,2-5,7H2,1H3,(H,16,17). The van der Waals surface area contributed by atoms with E-state index in [2.05, 4.69) is 11.8 Å². The number of carboxylic acid groups (broad SMARTS) is 1. The van der Waals surface area contributed by atoms with E-state index in [9.17, 15) is 4.79 Å². The molecular weight excluding hydrogens is 270 g/mol. The van der Waals surface area contributed by atoms with E-state index in [0.717, 1.165) is 22.7 Å². The van der Waals surface area contributed by atoms with Crippen LogP contribution in [0.5, 0.6) is 0 Å². The van der Waals surface area contributed by atoms with Gasteiger partial charge in [-0.1, -0.05) is 24.4 Å². The van der Waals surface area contributed by atoms with Crippen LogP contribution in [0.25, 0.3) is 0 Å².